The summed E-state index contributed by atoms with van der Waals surface area (Å²) in [6.07, 6.45) is 3.45. The smallest absolute Gasteiger partial charge is 0.241 e. The maximum atomic E-state index is 12.3. The van der Waals surface area contributed by atoms with Crippen LogP contribution in [-0.4, -0.2) is 53.5 Å². The van der Waals surface area contributed by atoms with Crippen LogP contribution in [0.4, 0.5) is 11.6 Å². The third kappa shape index (κ3) is 4.07. The molecule has 24 heavy (non-hydrogen) atoms. The molecule has 8 heteroatoms. The van der Waals surface area contributed by atoms with Gasteiger partial charge in [-0.1, -0.05) is 23.2 Å². The van der Waals surface area contributed by atoms with E-state index in [4.69, 9.17) is 23.2 Å². The van der Waals surface area contributed by atoms with Gasteiger partial charge in [0.2, 0.25) is 11.9 Å². The monoisotopic (exact) mass is 365 g/mol. The number of nitrogens with one attached hydrogen (secondary N) is 1. The number of hydrogen-bond acceptors (Lipinski definition) is 5. The molecule has 3 rings (SSSR count). The van der Waals surface area contributed by atoms with Crippen LogP contribution in [0.5, 0.6) is 0 Å². The summed E-state index contributed by atoms with van der Waals surface area (Å²) >= 11 is 11.8. The van der Waals surface area contributed by atoms with Gasteiger partial charge in [-0.2, -0.15) is 0 Å². The summed E-state index contributed by atoms with van der Waals surface area (Å²) in [5.41, 5.74) is 0.772. The van der Waals surface area contributed by atoms with E-state index in [0.717, 1.165) is 18.8 Å². The van der Waals surface area contributed by atoms with Gasteiger partial charge in [0.1, 0.15) is 0 Å². The van der Waals surface area contributed by atoms with Gasteiger partial charge in [-0.05, 0) is 24.3 Å². The Morgan fingerprint density at radius 3 is 2.46 bits per heavy atom. The predicted molar refractivity (Wildman–Crippen MR) is 95.8 cm³/mol. The molecule has 0 spiro atoms. The Hall–Kier alpha value is -2.05. The van der Waals surface area contributed by atoms with Gasteiger partial charge in [-0.3, -0.25) is 4.79 Å². The minimum Gasteiger partial charge on any atom is -0.376 e. The molecule has 0 saturated carbocycles. The fourth-order valence-corrected chi connectivity index (χ4v) is 2.80. The van der Waals surface area contributed by atoms with E-state index in [0.29, 0.717) is 29.1 Å². The van der Waals surface area contributed by atoms with E-state index in [1.807, 2.05) is 4.90 Å². The number of carbonyl (C=O) groups is 1. The first-order valence-corrected chi connectivity index (χ1v) is 8.38. The highest BCUT2D eigenvalue weighted by Crippen LogP contribution is 2.24. The molecule has 0 unspecified atom stereocenters. The molecule has 2 heterocycles. The van der Waals surface area contributed by atoms with Crippen LogP contribution in [0.15, 0.2) is 36.7 Å². The zero-order valence-electron chi connectivity index (χ0n) is 13.0. The lowest BCUT2D eigenvalue weighted by Crippen LogP contribution is -2.50. The average molecular weight is 366 g/mol. The van der Waals surface area contributed by atoms with Crippen LogP contribution in [-0.2, 0) is 4.79 Å². The predicted octanol–water partition coefficient (Wildman–Crippen LogP) is 2.54. The number of aromatic nitrogens is 2. The highest BCUT2D eigenvalue weighted by atomic mass is 35.5. The van der Waals surface area contributed by atoms with Gasteiger partial charge in [-0.25, -0.2) is 9.97 Å². The maximum absolute atomic E-state index is 12.3. The van der Waals surface area contributed by atoms with Crippen LogP contribution >= 0.6 is 23.2 Å². The Morgan fingerprint density at radius 1 is 1.08 bits per heavy atom. The van der Waals surface area contributed by atoms with Crippen molar-refractivity contribution >= 4 is 40.7 Å². The van der Waals surface area contributed by atoms with Crippen LogP contribution in [0.1, 0.15) is 0 Å². The van der Waals surface area contributed by atoms with Crippen molar-refractivity contribution in [2.75, 3.05) is 42.9 Å². The molecular weight excluding hydrogens is 349 g/mol. The number of benzene rings is 1. The van der Waals surface area contributed by atoms with Gasteiger partial charge in [0.25, 0.3) is 0 Å². The molecular formula is C16H17Cl2N5O. The number of amides is 1. The lowest BCUT2D eigenvalue weighted by atomic mass is 10.3. The van der Waals surface area contributed by atoms with E-state index < -0.39 is 0 Å². The Balaban J connectivity index is 1.49. The van der Waals surface area contributed by atoms with Gasteiger partial charge < -0.3 is 15.1 Å². The number of carbonyl (C=O) groups excluding carboxylic acids is 1. The lowest BCUT2D eigenvalue weighted by Gasteiger charge is -2.34. The molecule has 2 aromatic rings. The van der Waals surface area contributed by atoms with Gasteiger partial charge >= 0.3 is 0 Å². The van der Waals surface area contributed by atoms with E-state index >= 15 is 0 Å². The first kappa shape index (κ1) is 16.8. The summed E-state index contributed by atoms with van der Waals surface area (Å²) < 4.78 is 0. The lowest BCUT2D eigenvalue weighted by molar-refractivity contribution is -0.129. The molecule has 1 aromatic carbocycles. The summed E-state index contributed by atoms with van der Waals surface area (Å²) in [4.78, 5) is 24.7. The highest BCUT2D eigenvalue weighted by molar-refractivity contribution is 6.42. The van der Waals surface area contributed by atoms with Crippen molar-refractivity contribution in [3.8, 4) is 0 Å². The summed E-state index contributed by atoms with van der Waals surface area (Å²) in [5, 5.41) is 4.04. The second kappa shape index (κ2) is 7.68. The van der Waals surface area contributed by atoms with Crippen LogP contribution < -0.4 is 10.2 Å². The fraction of sp³-hybridized carbons (Fsp3) is 0.312. The maximum Gasteiger partial charge on any atom is 0.241 e. The largest absolute Gasteiger partial charge is 0.376 e. The second-order valence-electron chi connectivity index (χ2n) is 5.40. The van der Waals surface area contributed by atoms with Crippen molar-refractivity contribution in [3.05, 3.63) is 46.7 Å². The molecule has 0 bridgehead atoms. The zero-order valence-corrected chi connectivity index (χ0v) is 14.5. The second-order valence-corrected chi connectivity index (χ2v) is 6.21. The van der Waals surface area contributed by atoms with E-state index in [1.165, 1.54) is 0 Å². The SMILES string of the molecule is O=C(CNc1ccc(Cl)c(Cl)c1)N1CCN(c2ncccn2)CC1. The van der Waals surface area contributed by atoms with Crippen LogP contribution in [0.3, 0.4) is 0 Å². The van der Waals surface area contributed by atoms with Crippen molar-refractivity contribution < 1.29 is 4.79 Å². The Bertz CT molecular complexity index is 705. The van der Waals surface area contributed by atoms with Gasteiger partial charge in [0.05, 0.1) is 16.6 Å². The first-order valence-electron chi connectivity index (χ1n) is 7.62. The number of anilines is 2. The standard InChI is InChI=1S/C16H17Cl2N5O/c17-13-3-2-12(10-14(13)18)21-11-15(24)22-6-8-23(9-7-22)16-19-4-1-5-20-16/h1-5,10,21H,6-9,11H2. The molecule has 1 N–H and O–H groups in total. The van der Waals surface area contributed by atoms with E-state index in [-0.39, 0.29) is 12.5 Å². The Morgan fingerprint density at radius 2 is 1.79 bits per heavy atom. The minimum absolute atomic E-state index is 0.0507. The number of nitrogens with zero attached hydrogens (tertiary/aromatic N) is 4. The van der Waals surface area contributed by atoms with Crippen molar-refractivity contribution in [2.45, 2.75) is 0 Å². The molecule has 0 atom stereocenters. The average Bonchev–Trinajstić information content (AvgIpc) is 2.63. The molecule has 0 aliphatic carbocycles. The number of halogens is 2. The topological polar surface area (TPSA) is 61.4 Å². The van der Waals surface area contributed by atoms with Gasteiger partial charge in [0, 0.05) is 44.3 Å². The minimum atomic E-state index is 0.0507. The first-order chi connectivity index (χ1) is 11.6. The van der Waals surface area contributed by atoms with Crippen molar-refractivity contribution in [3.63, 3.8) is 0 Å². The Kier molecular flexibility index (Phi) is 5.37. The molecule has 1 aliphatic heterocycles. The molecule has 1 fully saturated rings. The number of rotatable bonds is 4. The number of piperazine rings is 1. The van der Waals surface area contributed by atoms with Crippen molar-refractivity contribution in [1.82, 2.24) is 14.9 Å². The van der Waals surface area contributed by atoms with Crippen LogP contribution in [0.2, 0.25) is 10.0 Å². The van der Waals surface area contributed by atoms with Gasteiger partial charge in [-0.15, -0.1) is 0 Å². The van der Waals surface area contributed by atoms with Crippen LogP contribution in [0, 0.1) is 0 Å². The summed E-state index contributed by atoms with van der Waals surface area (Å²) in [5.74, 6) is 0.758. The van der Waals surface area contributed by atoms with Crippen molar-refractivity contribution in [1.29, 1.82) is 0 Å². The van der Waals surface area contributed by atoms with E-state index in [9.17, 15) is 4.79 Å². The molecule has 126 valence electrons. The molecule has 0 radical (unpaired) electrons. The molecule has 1 amide bonds. The van der Waals surface area contributed by atoms with E-state index in [1.54, 1.807) is 36.7 Å². The Labute approximate surface area is 150 Å². The normalized spacial score (nSPS) is 14.6. The van der Waals surface area contributed by atoms with Crippen LogP contribution in [0.25, 0.3) is 0 Å². The molecule has 1 saturated heterocycles. The van der Waals surface area contributed by atoms with E-state index in [2.05, 4.69) is 20.2 Å². The third-order valence-corrected chi connectivity index (χ3v) is 4.57. The molecule has 6 nitrogen and oxygen atoms in total. The fourth-order valence-electron chi connectivity index (χ4n) is 2.51. The zero-order chi connectivity index (χ0) is 16.9. The van der Waals surface area contributed by atoms with Crippen molar-refractivity contribution in [2.24, 2.45) is 0 Å². The summed E-state index contributed by atoms with van der Waals surface area (Å²) in [6, 6.07) is 7.00. The highest BCUT2D eigenvalue weighted by Gasteiger charge is 2.22. The molecule has 1 aromatic heterocycles. The summed E-state index contributed by atoms with van der Waals surface area (Å²) in [6.45, 7) is 2.98. The third-order valence-electron chi connectivity index (χ3n) is 3.83. The summed E-state index contributed by atoms with van der Waals surface area (Å²) in [7, 11) is 0. The number of hydrogen-bond donors (Lipinski definition) is 1. The molecule has 1 aliphatic rings. The quantitative estimate of drug-likeness (QED) is 0.901. The van der Waals surface area contributed by atoms with Gasteiger partial charge in [0.15, 0.2) is 0 Å².